The molecule has 0 fully saturated rings. The summed E-state index contributed by atoms with van der Waals surface area (Å²) in [7, 11) is 0. The van der Waals surface area contributed by atoms with Crippen molar-refractivity contribution in [2.45, 2.75) is 35.3 Å². The molecule has 1 aliphatic carbocycles. The van der Waals surface area contributed by atoms with Crippen LogP contribution in [-0.2, 0) is 5.41 Å². The summed E-state index contributed by atoms with van der Waals surface area (Å²) in [4.78, 5) is 11.9. The van der Waals surface area contributed by atoms with Crippen LogP contribution in [0, 0.1) is 0 Å². The highest BCUT2D eigenvalue weighted by atomic mass is 32.2. The van der Waals surface area contributed by atoms with Gasteiger partial charge in [-0.25, -0.2) is 9.97 Å². The lowest BCUT2D eigenvalue weighted by Gasteiger charge is -2.35. The number of hydrogen-bond acceptors (Lipinski definition) is 4. The normalized spacial score (nSPS) is 18.5. The van der Waals surface area contributed by atoms with Gasteiger partial charge in [-0.1, -0.05) is 105 Å². The molecular weight excluding hydrogens is 607 g/mol. The highest BCUT2D eigenvalue weighted by molar-refractivity contribution is 8.00. The molecule has 5 heterocycles. The van der Waals surface area contributed by atoms with Gasteiger partial charge in [0.1, 0.15) is 11.1 Å². The number of nitrogens with zero attached hydrogens (tertiary/aromatic N) is 3. The van der Waals surface area contributed by atoms with Crippen LogP contribution in [0.25, 0.3) is 72.2 Å². The van der Waals surface area contributed by atoms with Gasteiger partial charge in [0.2, 0.25) is 0 Å². The number of allylic oxidation sites excluding steroid dienone is 3. The Bertz CT molecular complexity index is 2760. The molecule has 0 amide bonds. The minimum Gasteiger partial charge on any atom is -0.454 e. The molecule has 0 radical (unpaired) electrons. The molecule has 4 nitrogen and oxygen atoms in total. The van der Waals surface area contributed by atoms with Crippen molar-refractivity contribution in [2.24, 2.45) is 0 Å². The second-order valence-corrected chi connectivity index (χ2v) is 14.9. The summed E-state index contributed by atoms with van der Waals surface area (Å²) in [5.41, 5.74) is 13.2. The summed E-state index contributed by atoms with van der Waals surface area (Å²) in [6.45, 7) is 4.69. The summed E-state index contributed by atoms with van der Waals surface area (Å²) in [5.74, 6) is 1.17. The highest BCUT2D eigenvalue weighted by Gasteiger charge is 2.37. The van der Waals surface area contributed by atoms with Crippen molar-refractivity contribution in [1.29, 1.82) is 0 Å². The Morgan fingerprint density at radius 1 is 0.729 bits per heavy atom. The molecule has 2 atom stereocenters. The van der Waals surface area contributed by atoms with E-state index < -0.39 is 0 Å². The first kappa shape index (κ1) is 26.7. The van der Waals surface area contributed by atoms with Crippen LogP contribution >= 0.6 is 11.8 Å². The Morgan fingerprint density at radius 3 is 2.48 bits per heavy atom. The van der Waals surface area contributed by atoms with E-state index >= 15 is 0 Å². The zero-order valence-corrected chi connectivity index (χ0v) is 27.3. The van der Waals surface area contributed by atoms with Crippen LogP contribution in [0.4, 0.5) is 0 Å². The van der Waals surface area contributed by atoms with Crippen molar-refractivity contribution in [3.05, 3.63) is 144 Å². The zero-order chi connectivity index (χ0) is 31.7. The van der Waals surface area contributed by atoms with Gasteiger partial charge in [-0.15, -0.1) is 11.8 Å². The molecule has 8 aromatic rings. The molecule has 48 heavy (non-hydrogen) atoms. The van der Waals surface area contributed by atoms with Gasteiger partial charge >= 0.3 is 0 Å². The van der Waals surface area contributed by atoms with E-state index in [1.807, 2.05) is 17.8 Å². The Labute approximate surface area is 281 Å². The summed E-state index contributed by atoms with van der Waals surface area (Å²) in [6, 6.07) is 37.0. The second kappa shape index (κ2) is 9.36. The number of furan rings is 1. The van der Waals surface area contributed by atoms with Crippen LogP contribution in [0.2, 0.25) is 0 Å². The van der Waals surface area contributed by atoms with E-state index in [2.05, 4.69) is 140 Å². The predicted molar refractivity (Wildman–Crippen MR) is 197 cm³/mol. The van der Waals surface area contributed by atoms with E-state index in [-0.39, 0.29) is 5.41 Å². The molecule has 0 spiro atoms. The lowest BCUT2D eigenvalue weighted by atomic mass is 9.74. The molecular formula is C43H29N3OS. The number of hydrogen-bond donors (Lipinski definition) is 0. The maximum Gasteiger partial charge on any atom is 0.161 e. The van der Waals surface area contributed by atoms with Gasteiger partial charge in [0, 0.05) is 48.8 Å². The summed E-state index contributed by atoms with van der Waals surface area (Å²) in [6.07, 6.45) is 8.98. The Balaban J connectivity index is 1.15. The van der Waals surface area contributed by atoms with Gasteiger partial charge in [0.05, 0.1) is 22.4 Å². The minimum absolute atomic E-state index is 0.244. The van der Waals surface area contributed by atoms with Gasteiger partial charge in [0.25, 0.3) is 0 Å². The third kappa shape index (κ3) is 3.41. The first-order valence-electron chi connectivity index (χ1n) is 16.6. The van der Waals surface area contributed by atoms with E-state index in [0.29, 0.717) is 11.2 Å². The number of fused-ring (bicyclic) bond motifs is 11. The van der Waals surface area contributed by atoms with Crippen LogP contribution in [0.3, 0.4) is 0 Å². The Hall–Kier alpha value is -5.39. The molecule has 228 valence electrons. The largest absolute Gasteiger partial charge is 0.454 e. The fourth-order valence-electron chi connectivity index (χ4n) is 8.44. The third-order valence-corrected chi connectivity index (χ3v) is 12.2. The standard InChI is InChI=1S/C43H29N3OS/c1-43(2)31-17-10-15-29-38(31)46(39-28-13-4-7-19-35(28)47-40(29)39)34-22-21-24(23-32(34)43)37-27-12-3-6-18-33(27)44-42(45-37)30-16-9-14-26-25-11-5-8-20-36(25)48-41(26)30/h3-23,25,36H,1-2H3. The first-order valence-corrected chi connectivity index (χ1v) is 17.5. The van der Waals surface area contributed by atoms with Gasteiger partial charge in [-0.3, -0.25) is 0 Å². The fourth-order valence-corrected chi connectivity index (χ4v) is 9.90. The maximum atomic E-state index is 6.53. The molecule has 0 saturated carbocycles. The average molecular weight is 636 g/mol. The summed E-state index contributed by atoms with van der Waals surface area (Å²) >= 11 is 1.93. The average Bonchev–Trinajstić information content (AvgIpc) is 3.79. The van der Waals surface area contributed by atoms with Crippen molar-refractivity contribution in [3.63, 3.8) is 0 Å². The fraction of sp³-hybridized carbons (Fsp3) is 0.116. The van der Waals surface area contributed by atoms with E-state index in [1.165, 1.54) is 32.8 Å². The van der Waals surface area contributed by atoms with Crippen LogP contribution in [0.5, 0.6) is 0 Å². The van der Waals surface area contributed by atoms with Crippen molar-refractivity contribution >= 4 is 55.6 Å². The van der Waals surface area contributed by atoms with E-state index in [4.69, 9.17) is 14.4 Å². The predicted octanol–water partition coefficient (Wildman–Crippen LogP) is 11.1. The van der Waals surface area contributed by atoms with Gasteiger partial charge in [0.15, 0.2) is 11.4 Å². The molecule has 5 heteroatoms. The highest BCUT2D eigenvalue weighted by Crippen LogP contribution is 2.52. The van der Waals surface area contributed by atoms with E-state index in [9.17, 15) is 0 Å². The van der Waals surface area contributed by atoms with Gasteiger partial charge in [-0.05, 0) is 53.1 Å². The summed E-state index contributed by atoms with van der Waals surface area (Å²) in [5, 5.41) is 3.76. The smallest absolute Gasteiger partial charge is 0.161 e. The molecule has 5 aromatic carbocycles. The second-order valence-electron chi connectivity index (χ2n) is 13.7. The maximum absolute atomic E-state index is 6.53. The number of aromatic nitrogens is 3. The van der Waals surface area contributed by atoms with E-state index in [0.717, 1.165) is 61.0 Å². The van der Waals surface area contributed by atoms with Gasteiger partial charge < -0.3 is 8.98 Å². The monoisotopic (exact) mass is 635 g/mol. The van der Waals surface area contributed by atoms with Crippen molar-refractivity contribution < 1.29 is 4.42 Å². The van der Waals surface area contributed by atoms with Crippen LogP contribution in [-0.4, -0.2) is 19.8 Å². The lowest BCUT2D eigenvalue weighted by molar-refractivity contribution is 0.630. The van der Waals surface area contributed by atoms with Gasteiger partial charge in [-0.2, -0.15) is 0 Å². The number of rotatable bonds is 2. The molecule has 2 aliphatic heterocycles. The van der Waals surface area contributed by atoms with Crippen molar-refractivity contribution in [3.8, 4) is 28.3 Å². The lowest BCUT2D eigenvalue weighted by Crippen LogP contribution is -2.26. The molecule has 0 bridgehead atoms. The first-order chi connectivity index (χ1) is 23.6. The van der Waals surface area contributed by atoms with Crippen molar-refractivity contribution in [2.75, 3.05) is 0 Å². The number of benzene rings is 5. The van der Waals surface area contributed by atoms with Crippen molar-refractivity contribution in [1.82, 2.24) is 14.5 Å². The topological polar surface area (TPSA) is 43.9 Å². The van der Waals surface area contributed by atoms with Crippen LogP contribution < -0.4 is 0 Å². The molecule has 3 aromatic heterocycles. The van der Waals surface area contributed by atoms with Crippen LogP contribution in [0.15, 0.2) is 137 Å². The molecule has 3 aliphatic rings. The Kier molecular flexibility index (Phi) is 5.20. The number of thioether (sulfide) groups is 1. The zero-order valence-electron chi connectivity index (χ0n) is 26.4. The summed E-state index contributed by atoms with van der Waals surface area (Å²) < 4.78 is 8.96. The quantitative estimate of drug-likeness (QED) is 0.190. The molecule has 0 saturated heterocycles. The van der Waals surface area contributed by atoms with Crippen LogP contribution in [0.1, 0.15) is 36.5 Å². The molecule has 11 rings (SSSR count). The third-order valence-electron chi connectivity index (χ3n) is 10.7. The van der Waals surface area contributed by atoms with E-state index in [1.54, 1.807) is 0 Å². The Morgan fingerprint density at radius 2 is 1.54 bits per heavy atom. The SMILES string of the molecule is CC1(C)c2cc(-c3nc(-c4cccc5c4SC4C=CC=CC54)nc4ccccc34)ccc2-n2c3c1cccc3c1oc3ccccc3c12. The number of para-hydroxylation sites is 3. The molecule has 2 unspecified atom stereocenters. The molecule has 0 N–H and O–H groups in total. The minimum atomic E-state index is -0.244.